The van der Waals surface area contributed by atoms with Crippen LogP contribution in [0.3, 0.4) is 0 Å². The molecule has 1 aromatic heterocycles. The normalized spacial score (nSPS) is 25.9. The van der Waals surface area contributed by atoms with Gasteiger partial charge in [0.05, 0.1) is 12.0 Å². The fourth-order valence-corrected chi connectivity index (χ4v) is 3.23. The maximum absolute atomic E-state index is 4.59. The highest BCUT2D eigenvalue weighted by Gasteiger charge is 2.28. The zero-order valence-corrected chi connectivity index (χ0v) is 10.2. The first kappa shape index (κ1) is 10.3. The minimum absolute atomic E-state index is 0.773. The third kappa shape index (κ3) is 1.67. The van der Waals surface area contributed by atoms with E-state index in [4.69, 9.17) is 0 Å². The first-order valence-corrected chi connectivity index (χ1v) is 6.65. The number of nitrogens with zero attached hydrogens (tertiary/aromatic N) is 3. The quantitative estimate of drug-likeness (QED) is 0.757. The summed E-state index contributed by atoms with van der Waals surface area (Å²) >= 11 is 0. The van der Waals surface area contributed by atoms with E-state index in [9.17, 15) is 0 Å². The topological polar surface area (TPSA) is 21.1 Å². The van der Waals surface area contributed by atoms with E-state index in [1.54, 1.807) is 0 Å². The molecular weight excluding hydrogens is 198 g/mol. The lowest BCUT2D eigenvalue weighted by Gasteiger charge is -2.30. The number of imidazole rings is 1. The summed E-state index contributed by atoms with van der Waals surface area (Å²) in [6, 6.07) is 0.773. The van der Waals surface area contributed by atoms with E-state index in [0.29, 0.717) is 0 Å². The van der Waals surface area contributed by atoms with Crippen molar-refractivity contribution in [3.8, 4) is 0 Å². The van der Waals surface area contributed by atoms with Crippen LogP contribution in [0, 0.1) is 0 Å². The number of rotatable bonds is 2. The maximum Gasteiger partial charge on any atom is 0.0951 e. The fraction of sp³-hybridized carbons (Fsp3) is 0.769. The number of fused-ring (bicyclic) bond motifs is 1. The van der Waals surface area contributed by atoms with Crippen LogP contribution < -0.4 is 0 Å². The number of hydrogen-bond donors (Lipinski definition) is 0. The molecule has 3 heteroatoms. The molecule has 0 bridgehead atoms. The van der Waals surface area contributed by atoms with Gasteiger partial charge < -0.3 is 4.57 Å². The second-order valence-electron chi connectivity index (χ2n) is 5.06. The zero-order valence-electron chi connectivity index (χ0n) is 10.2. The molecular formula is C13H21N3. The lowest BCUT2D eigenvalue weighted by Crippen LogP contribution is -2.37. The zero-order chi connectivity index (χ0) is 11.0. The Morgan fingerprint density at radius 2 is 2.19 bits per heavy atom. The van der Waals surface area contributed by atoms with Crippen LogP contribution in [-0.4, -0.2) is 33.6 Å². The summed E-state index contributed by atoms with van der Waals surface area (Å²) in [6.07, 6.45) is 8.56. The van der Waals surface area contributed by atoms with Crippen LogP contribution in [0.4, 0.5) is 0 Å². The molecule has 0 amide bonds. The molecule has 2 aliphatic rings. The largest absolute Gasteiger partial charge is 0.335 e. The molecule has 16 heavy (non-hydrogen) atoms. The summed E-state index contributed by atoms with van der Waals surface area (Å²) < 4.78 is 2.32. The SMILES string of the molecule is CCn1cnc2c1CCC(N1CCCC1)C2. The van der Waals surface area contributed by atoms with Crippen molar-refractivity contribution >= 4 is 0 Å². The van der Waals surface area contributed by atoms with Gasteiger partial charge in [-0.25, -0.2) is 4.98 Å². The van der Waals surface area contributed by atoms with Crippen molar-refractivity contribution < 1.29 is 0 Å². The monoisotopic (exact) mass is 219 g/mol. The number of aryl methyl sites for hydroxylation is 1. The van der Waals surface area contributed by atoms with Gasteiger partial charge in [-0.2, -0.15) is 0 Å². The Kier molecular flexibility index (Phi) is 2.72. The highest BCUT2D eigenvalue weighted by molar-refractivity contribution is 5.18. The first-order chi connectivity index (χ1) is 7.88. The molecule has 2 heterocycles. The van der Waals surface area contributed by atoms with E-state index in [2.05, 4.69) is 21.4 Å². The molecule has 1 saturated heterocycles. The second kappa shape index (κ2) is 4.21. The third-order valence-corrected chi connectivity index (χ3v) is 4.17. The van der Waals surface area contributed by atoms with E-state index >= 15 is 0 Å². The van der Waals surface area contributed by atoms with Crippen molar-refractivity contribution in [2.45, 2.75) is 51.6 Å². The fourth-order valence-electron chi connectivity index (χ4n) is 3.23. The Hall–Kier alpha value is -0.830. The van der Waals surface area contributed by atoms with Crippen LogP contribution in [0.1, 0.15) is 37.6 Å². The third-order valence-electron chi connectivity index (χ3n) is 4.17. The Balaban J connectivity index is 1.76. The number of likely N-dealkylation sites (tertiary alicyclic amines) is 1. The lowest BCUT2D eigenvalue weighted by molar-refractivity contribution is 0.219. The molecule has 1 fully saturated rings. The first-order valence-electron chi connectivity index (χ1n) is 6.65. The van der Waals surface area contributed by atoms with Gasteiger partial charge >= 0.3 is 0 Å². The van der Waals surface area contributed by atoms with Crippen LogP contribution in [0.25, 0.3) is 0 Å². The molecule has 1 unspecified atom stereocenters. The second-order valence-corrected chi connectivity index (χ2v) is 5.06. The molecule has 3 nitrogen and oxygen atoms in total. The molecule has 0 aromatic carbocycles. The van der Waals surface area contributed by atoms with Gasteiger partial charge in [-0.1, -0.05) is 0 Å². The summed E-state index contributed by atoms with van der Waals surface area (Å²) in [5.41, 5.74) is 2.86. The van der Waals surface area contributed by atoms with Gasteiger partial charge in [0.1, 0.15) is 0 Å². The van der Waals surface area contributed by atoms with Crippen molar-refractivity contribution in [3.63, 3.8) is 0 Å². The molecule has 1 aromatic rings. The van der Waals surface area contributed by atoms with Crippen LogP contribution in [-0.2, 0) is 19.4 Å². The molecule has 0 N–H and O–H groups in total. The van der Waals surface area contributed by atoms with Crippen molar-refractivity contribution in [1.29, 1.82) is 0 Å². The van der Waals surface area contributed by atoms with Crippen molar-refractivity contribution in [2.24, 2.45) is 0 Å². The van der Waals surface area contributed by atoms with Gasteiger partial charge in [0.15, 0.2) is 0 Å². The molecule has 1 aliphatic carbocycles. The average molecular weight is 219 g/mol. The average Bonchev–Trinajstić information content (AvgIpc) is 2.97. The van der Waals surface area contributed by atoms with Crippen LogP contribution in [0.2, 0.25) is 0 Å². The summed E-state index contributed by atoms with van der Waals surface area (Å²) in [6.45, 7) is 5.90. The predicted octanol–water partition coefficient (Wildman–Crippen LogP) is 1.86. The molecule has 0 radical (unpaired) electrons. The minimum atomic E-state index is 0.773. The Morgan fingerprint density at radius 3 is 2.94 bits per heavy atom. The minimum Gasteiger partial charge on any atom is -0.335 e. The highest BCUT2D eigenvalue weighted by atomic mass is 15.2. The smallest absolute Gasteiger partial charge is 0.0951 e. The van der Waals surface area contributed by atoms with Crippen molar-refractivity contribution in [2.75, 3.05) is 13.1 Å². The van der Waals surface area contributed by atoms with E-state index in [1.165, 1.54) is 56.6 Å². The molecule has 88 valence electrons. The van der Waals surface area contributed by atoms with Crippen LogP contribution >= 0.6 is 0 Å². The summed E-state index contributed by atoms with van der Waals surface area (Å²) in [4.78, 5) is 7.26. The highest BCUT2D eigenvalue weighted by Crippen LogP contribution is 2.26. The van der Waals surface area contributed by atoms with Gasteiger partial charge in [-0.05, 0) is 45.7 Å². The number of hydrogen-bond acceptors (Lipinski definition) is 2. The molecule has 0 spiro atoms. The van der Waals surface area contributed by atoms with E-state index in [-0.39, 0.29) is 0 Å². The molecule has 1 atom stereocenters. The van der Waals surface area contributed by atoms with Gasteiger partial charge in [0.25, 0.3) is 0 Å². The van der Waals surface area contributed by atoms with Gasteiger partial charge in [0, 0.05) is 24.7 Å². The lowest BCUT2D eigenvalue weighted by atomic mass is 9.95. The molecule has 3 rings (SSSR count). The summed E-state index contributed by atoms with van der Waals surface area (Å²) in [5.74, 6) is 0. The van der Waals surface area contributed by atoms with E-state index in [0.717, 1.165) is 12.6 Å². The van der Waals surface area contributed by atoms with Gasteiger partial charge in [-0.15, -0.1) is 0 Å². The standard InChI is InChI=1S/C13H21N3/c1-2-15-10-14-12-9-11(5-6-13(12)15)16-7-3-4-8-16/h10-11H,2-9H2,1H3. The van der Waals surface area contributed by atoms with Gasteiger partial charge in [-0.3, -0.25) is 4.90 Å². The Labute approximate surface area is 97.5 Å². The van der Waals surface area contributed by atoms with Crippen LogP contribution in [0.5, 0.6) is 0 Å². The Morgan fingerprint density at radius 1 is 1.38 bits per heavy atom. The van der Waals surface area contributed by atoms with Crippen LogP contribution in [0.15, 0.2) is 6.33 Å². The summed E-state index contributed by atoms with van der Waals surface area (Å²) in [7, 11) is 0. The summed E-state index contributed by atoms with van der Waals surface area (Å²) in [5, 5.41) is 0. The molecule has 0 saturated carbocycles. The van der Waals surface area contributed by atoms with Gasteiger partial charge in [0.2, 0.25) is 0 Å². The number of aromatic nitrogens is 2. The van der Waals surface area contributed by atoms with E-state index < -0.39 is 0 Å². The van der Waals surface area contributed by atoms with Crippen molar-refractivity contribution in [3.05, 3.63) is 17.7 Å². The predicted molar refractivity (Wildman–Crippen MR) is 64.5 cm³/mol. The van der Waals surface area contributed by atoms with Crippen molar-refractivity contribution in [1.82, 2.24) is 14.5 Å². The van der Waals surface area contributed by atoms with E-state index in [1.807, 2.05) is 6.33 Å². The molecule has 1 aliphatic heterocycles. The Bertz CT molecular complexity index is 363. The maximum atomic E-state index is 4.59.